The highest BCUT2D eigenvalue weighted by molar-refractivity contribution is 6.54. The first-order valence-corrected chi connectivity index (χ1v) is 8.76. The molecule has 1 aliphatic rings. The molecule has 0 saturated carbocycles. The Hall–Kier alpha value is -2.87. The maximum absolute atomic E-state index is 12.9. The van der Waals surface area contributed by atoms with Crippen molar-refractivity contribution in [1.29, 1.82) is 0 Å². The van der Waals surface area contributed by atoms with E-state index in [9.17, 15) is 22.8 Å². The maximum atomic E-state index is 12.9. The van der Waals surface area contributed by atoms with E-state index in [-0.39, 0.29) is 24.6 Å². The SMILES string of the molecule is O=C(CCCl)ON=C1C(=O)N(Cc2cccc(C(F)(F)F)c2)c2ccccc21. The molecule has 0 atom stereocenters. The van der Waals surface area contributed by atoms with Crippen molar-refractivity contribution in [2.24, 2.45) is 5.16 Å². The minimum Gasteiger partial charge on any atom is -0.317 e. The lowest BCUT2D eigenvalue weighted by Crippen LogP contribution is -2.30. The average molecular weight is 411 g/mol. The highest BCUT2D eigenvalue weighted by atomic mass is 35.5. The molecule has 2 aromatic carbocycles. The van der Waals surface area contributed by atoms with Crippen LogP contribution in [-0.4, -0.2) is 23.5 Å². The Kier molecular flexibility index (Phi) is 5.69. The smallest absolute Gasteiger partial charge is 0.317 e. The zero-order valence-electron chi connectivity index (χ0n) is 14.4. The van der Waals surface area contributed by atoms with E-state index in [2.05, 4.69) is 5.16 Å². The van der Waals surface area contributed by atoms with E-state index in [1.165, 1.54) is 17.0 Å². The number of benzene rings is 2. The van der Waals surface area contributed by atoms with Crippen LogP contribution < -0.4 is 4.90 Å². The summed E-state index contributed by atoms with van der Waals surface area (Å²) in [5.41, 5.74) is 0.313. The summed E-state index contributed by atoms with van der Waals surface area (Å²) in [5, 5.41) is 3.65. The monoisotopic (exact) mass is 410 g/mol. The van der Waals surface area contributed by atoms with Gasteiger partial charge in [0.05, 0.1) is 24.2 Å². The Balaban J connectivity index is 1.90. The normalized spacial score (nSPS) is 15.1. The Labute approximate surface area is 163 Å². The molecular weight excluding hydrogens is 397 g/mol. The number of amides is 1. The number of hydrogen-bond acceptors (Lipinski definition) is 4. The molecule has 3 rings (SSSR count). The predicted molar refractivity (Wildman–Crippen MR) is 97.0 cm³/mol. The molecule has 28 heavy (non-hydrogen) atoms. The summed E-state index contributed by atoms with van der Waals surface area (Å²) in [6.07, 6.45) is -4.55. The highest BCUT2D eigenvalue weighted by Crippen LogP contribution is 2.33. The van der Waals surface area contributed by atoms with Crippen LogP contribution in [0.5, 0.6) is 0 Å². The minimum absolute atomic E-state index is 0.0515. The molecule has 9 heteroatoms. The van der Waals surface area contributed by atoms with E-state index in [1.807, 2.05) is 0 Å². The fraction of sp³-hybridized carbons (Fsp3) is 0.211. The number of para-hydroxylation sites is 1. The van der Waals surface area contributed by atoms with Crippen LogP contribution in [0.25, 0.3) is 0 Å². The van der Waals surface area contributed by atoms with Crippen molar-refractivity contribution in [3.63, 3.8) is 0 Å². The number of nitrogens with zero attached hydrogens (tertiary/aromatic N) is 2. The molecule has 0 aliphatic carbocycles. The molecule has 0 unspecified atom stereocenters. The molecule has 1 amide bonds. The van der Waals surface area contributed by atoms with Crippen molar-refractivity contribution in [1.82, 2.24) is 0 Å². The number of oxime groups is 1. The van der Waals surface area contributed by atoms with Crippen molar-refractivity contribution in [2.75, 3.05) is 10.8 Å². The number of carbonyl (C=O) groups is 2. The molecule has 0 aromatic heterocycles. The molecule has 0 N–H and O–H groups in total. The van der Waals surface area contributed by atoms with Crippen LogP contribution in [0.15, 0.2) is 53.7 Å². The second kappa shape index (κ2) is 8.02. The first kappa shape index (κ1) is 19.9. The van der Waals surface area contributed by atoms with E-state index in [4.69, 9.17) is 16.4 Å². The van der Waals surface area contributed by atoms with Gasteiger partial charge in [-0.1, -0.05) is 35.5 Å². The second-order valence-electron chi connectivity index (χ2n) is 5.95. The number of alkyl halides is 4. The topological polar surface area (TPSA) is 59.0 Å². The molecule has 0 bridgehead atoms. The third-order valence-corrected chi connectivity index (χ3v) is 4.22. The summed E-state index contributed by atoms with van der Waals surface area (Å²) in [7, 11) is 0. The van der Waals surface area contributed by atoms with Gasteiger partial charge < -0.3 is 9.74 Å². The van der Waals surface area contributed by atoms with Gasteiger partial charge in [0.1, 0.15) is 0 Å². The van der Waals surface area contributed by atoms with Gasteiger partial charge in [-0.05, 0) is 23.8 Å². The molecular formula is C19H14ClF3N2O3. The lowest BCUT2D eigenvalue weighted by molar-refractivity contribution is -0.143. The van der Waals surface area contributed by atoms with Gasteiger partial charge in [-0.15, -0.1) is 11.6 Å². The van der Waals surface area contributed by atoms with Crippen LogP contribution in [0.1, 0.15) is 23.1 Å². The zero-order valence-corrected chi connectivity index (χ0v) is 15.1. The van der Waals surface area contributed by atoms with Gasteiger partial charge in [-0.2, -0.15) is 13.2 Å². The van der Waals surface area contributed by atoms with Crippen LogP contribution >= 0.6 is 11.6 Å². The van der Waals surface area contributed by atoms with Crippen molar-refractivity contribution in [3.8, 4) is 0 Å². The Morgan fingerprint density at radius 2 is 1.89 bits per heavy atom. The number of carbonyl (C=O) groups excluding carboxylic acids is 2. The van der Waals surface area contributed by atoms with Crippen LogP contribution in [0.4, 0.5) is 18.9 Å². The molecule has 0 saturated heterocycles. The van der Waals surface area contributed by atoms with Gasteiger partial charge in [0.2, 0.25) is 0 Å². The summed E-state index contributed by atoms with van der Waals surface area (Å²) in [6, 6.07) is 11.4. The molecule has 1 aliphatic heterocycles. The molecule has 1 heterocycles. The standard InChI is InChI=1S/C19H14ClF3N2O3/c20-9-8-16(26)28-24-17-14-6-1-2-7-15(14)25(18(17)27)11-12-4-3-5-13(10-12)19(21,22)23/h1-7,10H,8-9,11H2. The highest BCUT2D eigenvalue weighted by Gasteiger charge is 2.35. The number of halogens is 4. The van der Waals surface area contributed by atoms with E-state index >= 15 is 0 Å². The van der Waals surface area contributed by atoms with Crippen molar-refractivity contribution in [2.45, 2.75) is 19.1 Å². The number of rotatable bonds is 5. The summed E-state index contributed by atoms with van der Waals surface area (Å²) in [5.74, 6) is -1.21. The van der Waals surface area contributed by atoms with Gasteiger partial charge in [-0.25, -0.2) is 4.79 Å². The lowest BCUT2D eigenvalue weighted by Gasteiger charge is -2.17. The summed E-state index contributed by atoms with van der Waals surface area (Å²) >= 11 is 5.46. The number of anilines is 1. The number of hydrogen-bond donors (Lipinski definition) is 0. The summed E-state index contributed by atoms with van der Waals surface area (Å²) in [6.45, 7) is -0.0889. The van der Waals surface area contributed by atoms with Crippen LogP contribution in [0, 0.1) is 0 Å². The molecule has 0 radical (unpaired) electrons. The van der Waals surface area contributed by atoms with Crippen molar-refractivity contribution in [3.05, 3.63) is 65.2 Å². The fourth-order valence-electron chi connectivity index (χ4n) is 2.75. The average Bonchev–Trinajstić information content (AvgIpc) is 2.91. The van der Waals surface area contributed by atoms with Crippen LogP contribution in [0.3, 0.4) is 0 Å². The first-order chi connectivity index (χ1) is 13.3. The second-order valence-corrected chi connectivity index (χ2v) is 6.33. The zero-order chi connectivity index (χ0) is 20.3. The van der Waals surface area contributed by atoms with Crippen LogP contribution in [-0.2, 0) is 27.1 Å². The molecule has 0 spiro atoms. The van der Waals surface area contributed by atoms with E-state index in [0.717, 1.165) is 12.1 Å². The Morgan fingerprint density at radius 3 is 2.61 bits per heavy atom. The summed E-state index contributed by atoms with van der Waals surface area (Å²) in [4.78, 5) is 30.3. The van der Waals surface area contributed by atoms with E-state index in [0.29, 0.717) is 16.8 Å². The predicted octanol–water partition coefficient (Wildman–Crippen LogP) is 4.13. The van der Waals surface area contributed by atoms with Gasteiger partial charge in [-0.3, -0.25) is 4.79 Å². The Morgan fingerprint density at radius 1 is 1.14 bits per heavy atom. The van der Waals surface area contributed by atoms with Gasteiger partial charge in [0.15, 0.2) is 5.71 Å². The Bertz CT molecular complexity index is 944. The molecule has 2 aromatic rings. The van der Waals surface area contributed by atoms with Gasteiger partial charge in [0, 0.05) is 11.4 Å². The largest absolute Gasteiger partial charge is 0.416 e. The third-order valence-electron chi connectivity index (χ3n) is 4.03. The first-order valence-electron chi connectivity index (χ1n) is 8.22. The van der Waals surface area contributed by atoms with Crippen LogP contribution in [0.2, 0.25) is 0 Å². The van der Waals surface area contributed by atoms with E-state index in [1.54, 1.807) is 24.3 Å². The maximum Gasteiger partial charge on any atom is 0.416 e. The quantitative estimate of drug-likeness (QED) is 0.423. The molecule has 0 fully saturated rings. The van der Waals surface area contributed by atoms with Crippen molar-refractivity contribution >= 4 is 34.9 Å². The minimum atomic E-state index is -4.48. The lowest BCUT2D eigenvalue weighted by atomic mass is 10.1. The fourth-order valence-corrected chi connectivity index (χ4v) is 2.91. The van der Waals surface area contributed by atoms with Gasteiger partial charge in [0.25, 0.3) is 5.91 Å². The third kappa shape index (κ3) is 4.17. The molecule has 5 nitrogen and oxygen atoms in total. The van der Waals surface area contributed by atoms with Crippen molar-refractivity contribution < 1.29 is 27.6 Å². The number of fused-ring (bicyclic) bond motifs is 1. The summed E-state index contributed by atoms with van der Waals surface area (Å²) < 4.78 is 38.8. The van der Waals surface area contributed by atoms with E-state index < -0.39 is 23.6 Å². The molecule has 146 valence electrons. The van der Waals surface area contributed by atoms with Gasteiger partial charge >= 0.3 is 12.1 Å².